The minimum Gasteiger partial charge on any atom is -0.489 e. The van der Waals surface area contributed by atoms with E-state index in [0.29, 0.717) is 43.8 Å². The molecule has 3 heterocycles. The van der Waals surface area contributed by atoms with Crippen LogP contribution in [0.3, 0.4) is 0 Å². The number of benzene rings is 5. The number of carbonyl (C=O) groups excluding carboxylic acids is 3. The largest absolute Gasteiger partial charge is 0.489 e. The number of halogens is 2. The van der Waals surface area contributed by atoms with Crippen LogP contribution in [-0.2, 0) is 46.8 Å². The molecular formula is C48H36Cl2N4O7. The van der Waals surface area contributed by atoms with Gasteiger partial charge in [-0.1, -0.05) is 83.9 Å². The van der Waals surface area contributed by atoms with E-state index in [9.17, 15) is 24.3 Å². The number of carboxylic acids is 1. The Morgan fingerprint density at radius 2 is 1.61 bits per heavy atom. The van der Waals surface area contributed by atoms with Crippen molar-refractivity contribution < 1.29 is 33.8 Å². The Labute approximate surface area is 361 Å². The van der Waals surface area contributed by atoms with Crippen molar-refractivity contribution in [2.45, 2.75) is 50.6 Å². The third-order valence-electron chi connectivity index (χ3n) is 10.8. The number of ketones is 1. The molecule has 0 radical (unpaired) electrons. The van der Waals surface area contributed by atoms with Crippen LogP contribution in [0.2, 0.25) is 10.0 Å². The SMILES string of the molecule is N#Cc1ccc(-c2ccc(C[C@H](NC(=O)[C@@H]3Cc4cc5c(cc4CN3C(=O)c3cccnc3)OC(c3ccc(OCc4ccc(Cl)c(Cl)c4)cc3)C(=O)C5)C(=O)O)cc2)cc1. The average molecular weight is 852 g/mol. The Hall–Kier alpha value is -7.00. The van der Waals surface area contributed by atoms with Crippen LogP contribution in [0.25, 0.3) is 11.1 Å². The summed E-state index contributed by atoms with van der Waals surface area (Å²) < 4.78 is 12.3. The lowest BCUT2D eigenvalue weighted by molar-refractivity contribution is -0.142. The number of aliphatic carboxylic acids is 1. The normalized spacial score (nSPS) is 16.0. The van der Waals surface area contributed by atoms with E-state index < -0.39 is 36.0 Å². The number of rotatable bonds is 11. The standard InChI is InChI=1S/C48H36Cl2N4O7/c49-39-16-7-30(18-40(39)50)27-60-38-14-12-33(13-15-38)45-43(55)22-36-20-35-21-42(54(26-37(35)23-44(36)61-45)47(57)34-2-1-17-52-25-34)46(56)53-41(48(58)59)19-28-3-8-31(9-4-28)32-10-5-29(24-51)6-11-32/h1-18,20,23,25,41-42,45H,19,21-22,26-27H2,(H,53,56)(H,58,59)/t41-,42-,45?/m0/s1. The number of hydrogen-bond donors (Lipinski definition) is 2. The maximum Gasteiger partial charge on any atom is 0.326 e. The summed E-state index contributed by atoms with van der Waals surface area (Å²) in [6.45, 7) is 0.295. The fourth-order valence-electron chi connectivity index (χ4n) is 7.55. The van der Waals surface area contributed by atoms with Crippen molar-refractivity contribution >= 4 is 46.8 Å². The zero-order valence-corrected chi connectivity index (χ0v) is 33.9. The Morgan fingerprint density at radius 3 is 2.28 bits per heavy atom. The van der Waals surface area contributed by atoms with Gasteiger partial charge in [0.1, 0.15) is 30.2 Å². The van der Waals surface area contributed by atoms with Crippen molar-refractivity contribution in [1.82, 2.24) is 15.2 Å². The van der Waals surface area contributed by atoms with Crippen molar-refractivity contribution in [2.24, 2.45) is 0 Å². The molecule has 6 aromatic rings. The van der Waals surface area contributed by atoms with Crippen LogP contribution in [0.1, 0.15) is 55.4 Å². The van der Waals surface area contributed by atoms with Gasteiger partial charge in [0.2, 0.25) is 5.91 Å². The van der Waals surface area contributed by atoms with Crippen molar-refractivity contribution in [3.8, 4) is 28.7 Å². The van der Waals surface area contributed by atoms with Gasteiger partial charge in [0.25, 0.3) is 5.91 Å². The summed E-state index contributed by atoms with van der Waals surface area (Å²) in [5.74, 6) is -1.36. The van der Waals surface area contributed by atoms with Crippen molar-refractivity contribution in [3.63, 3.8) is 0 Å². The van der Waals surface area contributed by atoms with Gasteiger partial charge >= 0.3 is 5.97 Å². The van der Waals surface area contributed by atoms with Crippen molar-refractivity contribution in [2.75, 3.05) is 0 Å². The Balaban J connectivity index is 0.991. The van der Waals surface area contributed by atoms with Crippen LogP contribution in [0, 0.1) is 11.3 Å². The molecule has 0 aliphatic carbocycles. The number of nitriles is 1. The van der Waals surface area contributed by atoms with Crippen LogP contribution >= 0.6 is 23.2 Å². The van der Waals surface area contributed by atoms with Crippen LogP contribution in [0.15, 0.2) is 128 Å². The molecule has 2 aliphatic heterocycles. The zero-order valence-electron chi connectivity index (χ0n) is 32.4. The van der Waals surface area contributed by atoms with Crippen molar-refractivity contribution in [3.05, 3.63) is 182 Å². The first kappa shape index (κ1) is 40.8. The maximum absolute atomic E-state index is 14.1. The molecule has 1 aromatic heterocycles. The molecule has 304 valence electrons. The molecule has 61 heavy (non-hydrogen) atoms. The topological polar surface area (TPSA) is 159 Å². The van der Waals surface area contributed by atoms with E-state index in [-0.39, 0.29) is 43.8 Å². The number of fused-ring (bicyclic) bond motifs is 2. The van der Waals surface area contributed by atoms with Gasteiger partial charge in [0.05, 0.1) is 27.2 Å². The van der Waals surface area contributed by atoms with Gasteiger partial charge in [-0.05, 0) is 88.0 Å². The van der Waals surface area contributed by atoms with E-state index in [4.69, 9.17) is 37.9 Å². The van der Waals surface area contributed by atoms with Gasteiger partial charge in [0.15, 0.2) is 11.9 Å². The van der Waals surface area contributed by atoms with Crippen LogP contribution in [0.4, 0.5) is 0 Å². The molecule has 0 spiro atoms. The molecule has 13 heteroatoms. The number of ether oxygens (including phenoxy) is 2. The number of hydrogen-bond acceptors (Lipinski definition) is 8. The molecule has 3 atom stereocenters. The smallest absolute Gasteiger partial charge is 0.326 e. The molecule has 11 nitrogen and oxygen atoms in total. The summed E-state index contributed by atoms with van der Waals surface area (Å²) in [6, 6.07) is 33.4. The first-order valence-corrected chi connectivity index (χ1v) is 20.1. The van der Waals surface area contributed by atoms with Crippen LogP contribution in [0.5, 0.6) is 11.5 Å². The van der Waals surface area contributed by atoms with E-state index in [1.807, 2.05) is 42.5 Å². The van der Waals surface area contributed by atoms with Crippen LogP contribution in [-0.4, -0.2) is 50.6 Å². The lowest BCUT2D eigenvalue weighted by atomic mass is 9.87. The second-order valence-corrected chi connectivity index (χ2v) is 15.7. The predicted molar refractivity (Wildman–Crippen MR) is 227 cm³/mol. The summed E-state index contributed by atoms with van der Waals surface area (Å²) in [7, 11) is 0. The molecule has 0 saturated heterocycles. The fourth-order valence-corrected chi connectivity index (χ4v) is 7.87. The Kier molecular flexibility index (Phi) is 11.8. The molecule has 0 saturated carbocycles. The van der Waals surface area contributed by atoms with E-state index in [0.717, 1.165) is 27.8 Å². The minimum absolute atomic E-state index is 0.00279. The minimum atomic E-state index is -1.29. The third-order valence-corrected chi connectivity index (χ3v) is 11.6. The first-order valence-electron chi connectivity index (χ1n) is 19.4. The number of aromatic nitrogens is 1. The van der Waals surface area contributed by atoms with Crippen LogP contribution < -0.4 is 14.8 Å². The highest BCUT2D eigenvalue weighted by Crippen LogP contribution is 2.38. The van der Waals surface area contributed by atoms with E-state index in [1.54, 1.807) is 79.0 Å². The van der Waals surface area contributed by atoms with Gasteiger partial charge < -0.3 is 24.8 Å². The number of nitrogens with zero attached hydrogens (tertiary/aromatic N) is 3. The molecule has 5 aromatic carbocycles. The molecule has 2 N–H and O–H groups in total. The molecule has 0 fully saturated rings. The van der Waals surface area contributed by atoms with E-state index >= 15 is 0 Å². The maximum atomic E-state index is 14.1. The highest BCUT2D eigenvalue weighted by atomic mass is 35.5. The molecule has 2 aliphatic rings. The Morgan fingerprint density at radius 1 is 0.885 bits per heavy atom. The number of Topliss-reactive ketones (excluding diaryl/α,β-unsaturated/α-hetero) is 1. The van der Waals surface area contributed by atoms with E-state index in [2.05, 4.69) is 16.4 Å². The average Bonchev–Trinajstić information content (AvgIpc) is 3.28. The Bertz CT molecular complexity index is 2690. The summed E-state index contributed by atoms with van der Waals surface area (Å²) in [6.07, 6.45) is 2.25. The summed E-state index contributed by atoms with van der Waals surface area (Å²) in [5.41, 5.74) is 6.91. The van der Waals surface area contributed by atoms with Gasteiger partial charge in [-0.2, -0.15) is 5.26 Å². The molecular weight excluding hydrogens is 815 g/mol. The summed E-state index contributed by atoms with van der Waals surface area (Å²) >= 11 is 12.2. The monoisotopic (exact) mass is 850 g/mol. The predicted octanol–water partition coefficient (Wildman–Crippen LogP) is 8.13. The van der Waals surface area contributed by atoms with Gasteiger partial charge in [-0.25, -0.2) is 4.79 Å². The van der Waals surface area contributed by atoms with Gasteiger partial charge in [-0.15, -0.1) is 0 Å². The molecule has 0 bridgehead atoms. The second kappa shape index (κ2) is 17.7. The third kappa shape index (κ3) is 9.11. The van der Waals surface area contributed by atoms with Crippen molar-refractivity contribution in [1.29, 1.82) is 5.26 Å². The zero-order chi connectivity index (χ0) is 42.6. The number of carboxylic acid groups (broad SMARTS) is 1. The number of pyridine rings is 1. The lowest BCUT2D eigenvalue weighted by Gasteiger charge is -2.37. The highest BCUT2D eigenvalue weighted by Gasteiger charge is 2.39. The van der Waals surface area contributed by atoms with Gasteiger partial charge in [-0.3, -0.25) is 19.4 Å². The second-order valence-electron chi connectivity index (χ2n) is 14.9. The summed E-state index contributed by atoms with van der Waals surface area (Å²) in [4.78, 5) is 59.8. The number of nitrogens with one attached hydrogen (secondary N) is 1. The number of amides is 2. The lowest BCUT2D eigenvalue weighted by Crippen LogP contribution is -2.56. The molecule has 2 amide bonds. The quantitative estimate of drug-likeness (QED) is 0.131. The first-order chi connectivity index (χ1) is 29.5. The summed E-state index contributed by atoms with van der Waals surface area (Å²) in [5, 5.41) is 23.0. The van der Waals surface area contributed by atoms with E-state index in [1.165, 1.54) is 11.1 Å². The number of carbonyl (C=O) groups is 4. The van der Waals surface area contributed by atoms with Gasteiger partial charge in [0, 0.05) is 49.3 Å². The highest BCUT2D eigenvalue weighted by molar-refractivity contribution is 6.42. The molecule has 8 rings (SSSR count). The fraction of sp³-hybridized carbons (Fsp3) is 0.167. The molecule has 1 unspecified atom stereocenters.